The second kappa shape index (κ2) is 10.3. The van der Waals surface area contributed by atoms with Crippen molar-refractivity contribution in [3.05, 3.63) is 93.8 Å². The maximum Gasteiger partial charge on any atom is 0.417 e. The van der Waals surface area contributed by atoms with Crippen molar-refractivity contribution in [1.29, 1.82) is 0 Å². The standard InChI is InChI=1S/C25H21F5N4O2/c1-36-10-9-31-21-13-19(25(28,29)30)23-20(35)14-22(32-17-7-3-2-5-15(26)11-17)34(24(23)33-21)18-8-4-6-16(27)12-18/h3-8,11-14,32H,2,9-10H2,1H3,(H,31,33). The second-order valence-corrected chi connectivity index (χ2v) is 7.83. The van der Waals surface area contributed by atoms with Crippen LogP contribution in [0.1, 0.15) is 12.0 Å². The minimum atomic E-state index is -4.88. The highest BCUT2D eigenvalue weighted by molar-refractivity contribution is 5.85. The molecule has 0 bridgehead atoms. The van der Waals surface area contributed by atoms with Gasteiger partial charge < -0.3 is 15.4 Å². The van der Waals surface area contributed by atoms with E-state index in [1.165, 1.54) is 42.0 Å². The summed E-state index contributed by atoms with van der Waals surface area (Å²) in [5.41, 5.74) is -2.18. The van der Waals surface area contributed by atoms with Crippen LogP contribution >= 0.6 is 0 Å². The lowest BCUT2D eigenvalue weighted by Crippen LogP contribution is -2.20. The molecule has 0 atom stereocenters. The van der Waals surface area contributed by atoms with Gasteiger partial charge in [-0.3, -0.25) is 9.36 Å². The monoisotopic (exact) mass is 504 g/mol. The molecule has 0 spiro atoms. The van der Waals surface area contributed by atoms with E-state index in [0.29, 0.717) is 6.42 Å². The summed E-state index contributed by atoms with van der Waals surface area (Å²) in [6, 6.07) is 6.78. The first-order valence-corrected chi connectivity index (χ1v) is 10.8. The SMILES string of the molecule is COCCNc1cc(C(F)(F)F)c2c(=O)cc(NC3=CC(F)=CCC=C3)n(-c3cccc(F)c3)c2n1. The molecule has 0 amide bonds. The molecule has 36 heavy (non-hydrogen) atoms. The molecule has 1 aliphatic carbocycles. The fraction of sp³-hybridized carbons (Fsp3) is 0.200. The number of nitrogens with zero attached hydrogens (tertiary/aromatic N) is 2. The molecule has 0 saturated heterocycles. The Morgan fingerprint density at radius 2 is 1.97 bits per heavy atom. The molecule has 0 saturated carbocycles. The summed E-state index contributed by atoms with van der Waals surface area (Å²) in [4.78, 5) is 17.3. The van der Waals surface area contributed by atoms with Crippen LogP contribution in [0.4, 0.5) is 33.6 Å². The number of rotatable bonds is 7. The van der Waals surface area contributed by atoms with Gasteiger partial charge >= 0.3 is 6.18 Å². The number of allylic oxidation sites excluding steroid dienone is 5. The number of aromatic nitrogens is 2. The van der Waals surface area contributed by atoms with E-state index in [1.54, 1.807) is 12.2 Å². The van der Waals surface area contributed by atoms with Crippen molar-refractivity contribution in [2.45, 2.75) is 12.6 Å². The molecule has 11 heteroatoms. The minimum Gasteiger partial charge on any atom is -0.383 e. The summed E-state index contributed by atoms with van der Waals surface area (Å²) >= 11 is 0. The van der Waals surface area contributed by atoms with E-state index in [2.05, 4.69) is 15.6 Å². The summed E-state index contributed by atoms with van der Waals surface area (Å²) in [7, 11) is 1.44. The number of nitrogens with one attached hydrogen (secondary N) is 2. The maximum atomic E-state index is 14.2. The van der Waals surface area contributed by atoms with Crippen molar-refractivity contribution < 1.29 is 26.7 Å². The lowest BCUT2D eigenvalue weighted by Gasteiger charge is -2.21. The van der Waals surface area contributed by atoms with Gasteiger partial charge in [0.2, 0.25) is 0 Å². The average Bonchev–Trinajstić information content (AvgIpc) is 3.01. The van der Waals surface area contributed by atoms with Crippen molar-refractivity contribution in [1.82, 2.24) is 9.55 Å². The number of ether oxygens (including phenoxy) is 1. The third-order valence-electron chi connectivity index (χ3n) is 5.26. The number of methoxy groups -OCH3 is 1. The van der Waals surface area contributed by atoms with Crippen LogP contribution in [0, 0.1) is 5.82 Å². The summed E-state index contributed by atoms with van der Waals surface area (Å²) in [5.74, 6) is -1.38. The Kier molecular flexibility index (Phi) is 7.20. The van der Waals surface area contributed by atoms with E-state index >= 15 is 0 Å². The van der Waals surface area contributed by atoms with Crippen LogP contribution in [-0.4, -0.2) is 29.8 Å². The van der Waals surface area contributed by atoms with Crippen LogP contribution < -0.4 is 16.1 Å². The fourth-order valence-corrected chi connectivity index (χ4v) is 3.73. The Bertz CT molecular complexity index is 1440. The number of anilines is 2. The zero-order valence-corrected chi connectivity index (χ0v) is 19.0. The van der Waals surface area contributed by atoms with E-state index in [1.807, 2.05) is 0 Å². The molecule has 1 aliphatic rings. The zero-order chi connectivity index (χ0) is 25.9. The predicted octanol–water partition coefficient (Wildman–Crippen LogP) is 5.71. The van der Waals surface area contributed by atoms with Crippen molar-refractivity contribution in [3.8, 4) is 5.69 Å². The maximum absolute atomic E-state index is 14.2. The second-order valence-electron chi connectivity index (χ2n) is 7.83. The van der Waals surface area contributed by atoms with Crippen molar-refractivity contribution in [2.75, 3.05) is 30.9 Å². The van der Waals surface area contributed by atoms with Crippen molar-refractivity contribution >= 4 is 22.7 Å². The lowest BCUT2D eigenvalue weighted by atomic mass is 10.1. The van der Waals surface area contributed by atoms with E-state index in [4.69, 9.17) is 4.74 Å². The molecular formula is C25H21F5N4O2. The van der Waals surface area contributed by atoms with Gasteiger partial charge in [0.05, 0.1) is 23.2 Å². The third-order valence-corrected chi connectivity index (χ3v) is 5.26. The highest BCUT2D eigenvalue weighted by Gasteiger charge is 2.35. The highest BCUT2D eigenvalue weighted by Crippen LogP contribution is 2.36. The molecule has 1 aromatic carbocycles. The normalized spacial score (nSPS) is 13.8. The van der Waals surface area contributed by atoms with Crippen molar-refractivity contribution in [2.24, 2.45) is 0 Å². The molecule has 0 aliphatic heterocycles. The van der Waals surface area contributed by atoms with Gasteiger partial charge in [0.15, 0.2) is 11.1 Å². The summed E-state index contributed by atoms with van der Waals surface area (Å²) in [6.07, 6.45) is 1.17. The Morgan fingerprint density at radius 1 is 1.17 bits per heavy atom. The highest BCUT2D eigenvalue weighted by atomic mass is 19.4. The molecule has 0 radical (unpaired) electrons. The molecule has 2 N–H and O–H groups in total. The number of fused-ring (bicyclic) bond motifs is 1. The molecule has 0 fully saturated rings. The quantitative estimate of drug-likeness (QED) is 0.319. The number of hydrogen-bond donors (Lipinski definition) is 2. The summed E-state index contributed by atoms with van der Waals surface area (Å²) < 4.78 is 76.5. The number of pyridine rings is 2. The zero-order valence-electron chi connectivity index (χ0n) is 19.0. The van der Waals surface area contributed by atoms with Crippen LogP contribution in [0.15, 0.2) is 77.0 Å². The van der Waals surface area contributed by atoms with E-state index in [-0.39, 0.29) is 41.8 Å². The first-order valence-electron chi connectivity index (χ1n) is 10.8. The number of hydrogen-bond acceptors (Lipinski definition) is 5. The first kappa shape index (κ1) is 25.1. The lowest BCUT2D eigenvalue weighted by molar-refractivity contribution is -0.136. The molecule has 188 valence electrons. The topological polar surface area (TPSA) is 68.2 Å². The van der Waals surface area contributed by atoms with Crippen molar-refractivity contribution in [3.63, 3.8) is 0 Å². The average molecular weight is 504 g/mol. The largest absolute Gasteiger partial charge is 0.417 e. The van der Waals surface area contributed by atoms with E-state index < -0.39 is 34.2 Å². The van der Waals surface area contributed by atoms with Crippen LogP contribution in [0.25, 0.3) is 16.7 Å². The van der Waals surface area contributed by atoms with Gasteiger partial charge in [-0.15, -0.1) is 0 Å². The Morgan fingerprint density at radius 3 is 2.69 bits per heavy atom. The van der Waals surface area contributed by atoms with Gasteiger partial charge in [0, 0.05) is 25.4 Å². The fourth-order valence-electron chi connectivity index (χ4n) is 3.73. The summed E-state index contributed by atoms with van der Waals surface area (Å²) in [6.45, 7) is 0.344. The number of benzene rings is 1. The van der Waals surface area contributed by atoms with Gasteiger partial charge in [0.25, 0.3) is 0 Å². The minimum absolute atomic E-state index is 0.0293. The van der Waals surface area contributed by atoms with Gasteiger partial charge in [-0.2, -0.15) is 13.2 Å². The Balaban J connectivity index is 2.04. The molecule has 0 unspecified atom stereocenters. The van der Waals surface area contributed by atoms with E-state index in [0.717, 1.165) is 18.2 Å². The molecule has 6 nitrogen and oxygen atoms in total. The number of alkyl halides is 3. The van der Waals surface area contributed by atoms with Crippen LogP contribution in [0.5, 0.6) is 0 Å². The molecule has 2 aromatic heterocycles. The van der Waals surface area contributed by atoms with E-state index in [9.17, 15) is 26.7 Å². The number of halogens is 5. The third kappa shape index (κ3) is 5.46. The Labute approximate surface area is 202 Å². The van der Waals surface area contributed by atoms with Crippen LogP contribution in [0.3, 0.4) is 0 Å². The molecule has 4 rings (SSSR count). The smallest absolute Gasteiger partial charge is 0.383 e. The predicted molar refractivity (Wildman–Crippen MR) is 127 cm³/mol. The summed E-state index contributed by atoms with van der Waals surface area (Å²) in [5, 5.41) is 4.93. The van der Waals surface area contributed by atoms with Crippen LogP contribution in [-0.2, 0) is 10.9 Å². The van der Waals surface area contributed by atoms with Gasteiger partial charge in [-0.1, -0.05) is 12.1 Å². The Hall–Kier alpha value is -3.99. The van der Waals surface area contributed by atoms with Gasteiger partial charge in [0.1, 0.15) is 23.3 Å². The molecule has 3 aromatic rings. The van der Waals surface area contributed by atoms with Crippen LogP contribution in [0.2, 0.25) is 0 Å². The first-order chi connectivity index (χ1) is 17.2. The van der Waals surface area contributed by atoms with Gasteiger partial charge in [-0.25, -0.2) is 13.8 Å². The molecule has 2 heterocycles. The molecular weight excluding hydrogens is 483 g/mol. The van der Waals surface area contributed by atoms with Gasteiger partial charge in [-0.05, 0) is 48.9 Å².